The van der Waals surface area contributed by atoms with Crippen molar-refractivity contribution in [3.8, 4) is 0 Å². The number of nitrogens with zero attached hydrogens (tertiary/aromatic N) is 1. The fourth-order valence-corrected chi connectivity index (χ4v) is 4.14. The topological polar surface area (TPSA) is 41.5 Å². The quantitative estimate of drug-likeness (QED) is 0.856. The molecule has 1 N–H and O–H groups in total. The van der Waals surface area contributed by atoms with Crippen molar-refractivity contribution < 1.29 is 18.0 Å². The van der Waals surface area contributed by atoms with Gasteiger partial charge in [0.2, 0.25) is 5.91 Å². The zero-order valence-electron chi connectivity index (χ0n) is 12.3. The summed E-state index contributed by atoms with van der Waals surface area (Å²) in [5, 5.41) is 3.35. The highest BCUT2D eigenvalue weighted by Gasteiger charge is 2.43. The molecule has 2 fully saturated rings. The summed E-state index contributed by atoms with van der Waals surface area (Å²) >= 11 is 1.41. The lowest BCUT2D eigenvalue weighted by Gasteiger charge is -2.28. The Bertz CT molecular complexity index is 430. The lowest BCUT2D eigenvalue weighted by Crippen LogP contribution is -2.34. The van der Waals surface area contributed by atoms with Crippen LogP contribution in [0.2, 0.25) is 0 Å². The lowest BCUT2D eigenvalue weighted by molar-refractivity contribution is -0.182. The number of amidine groups is 1. The number of hydrogen-bond acceptors (Lipinski definition) is 3. The van der Waals surface area contributed by atoms with Gasteiger partial charge in [-0.25, -0.2) is 0 Å². The summed E-state index contributed by atoms with van der Waals surface area (Å²) < 4.78 is 37.4. The van der Waals surface area contributed by atoms with E-state index < -0.39 is 16.8 Å². The first-order chi connectivity index (χ1) is 9.74. The molecule has 3 nitrogen and oxygen atoms in total. The Morgan fingerprint density at radius 1 is 1.33 bits per heavy atom. The van der Waals surface area contributed by atoms with Crippen molar-refractivity contribution >= 4 is 22.8 Å². The van der Waals surface area contributed by atoms with E-state index >= 15 is 0 Å². The van der Waals surface area contributed by atoms with E-state index in [1.807, 2.05) is 13.8 Å². The number of nitrogens with one attached hydrogen (secondary N) is 1. The molecule has 2 rings (SSSR count). The van der Waals surface area contributed by atoms with Gasteiger partial charge in [0.1, 0.15) is 0 Å². The average molecular weight is 322 g/mol. The molecule has 0 aromatic heterocycles. The van der Waals surface area contributed by atoms with Crippen LogP contribution in [0.25, 0.3) is 0 Å². The van der Waals surface area contributed by atoms with Gasteiger partial charge < -0.3 is 5.32 Å². The molecule has 0 spiro atoms. The number of hydrogen-bond donors (Lipinski definition) is 1. The molecular formula is C14H21F3N2OS. The van der Waals surface area contributed by atoms with Crippen LogP contribution in [-0.4, -0.2) is 28.0 Å². The van der Waals surface area contributed by atoms with Crippen molar-refractivity contribution in [3.05, 3.63) is 0 Å². The number of amides is 1. The van der Waals surface area contributed by atoms with E-state index in [0.29, 0.717) is 18.0 Å². The van der Waals surface area contributed by atoms with Gasteiger partial charge in [0, 0.05) is 0 Å². The van der Waals surface area contributed by atoms with Gasteiger partial charge in [0.15, 0.2) is 5.17 Å². The van der Waals surface area contributed by atoms with Gasteiger partial charge in [-0.3, -0.25) is 9.79 Å². The highest BCUT2D eigenvalue weighted by molar-refractivity contribution is 8.16. The lowest BCUT2D eigenvalue weighted by atomic mass is 9.86. The average Bonchev–Trinajstić information content (AvgIpc) is 2.64. The van der Waals surface area contributed by atoms with Crippen molar-refractivity contribution in [3.63, 3.8) is 0 Å². The highest BCUT2D eigenvalue weighted by atomic mass is 32.2. The molecule has 21 heavy (non-hydrogen) atoms. The Balaban J connectivity index is 1.93. The number of alkyl halides is 3. The second-order valence-corrected chi connectivity index (χ2v) is 7.51. The molecule has 1 aliphatic carbocycles. The maximum absolute atomic E-state index is 12.6. The van der Waals surface area contributed by atoms with Gasteiger partial charge in [0.25, 0.3) is 0 Å². The van der Waals surface area contributed by atoms with Crippen molar-refractivity contribution in [1.29, 1.82) is 0 Å². The molecule has 2 aliphatic rings. The van der Waals surface area contributed by atoms with Gasteiger partial charge in [-0.05, 0) is 39.0 Å². The molecule has 0 aromatic rings. The summed E-state index contributed by atoms with van der Waals surface area (Å²) in [4.78, 5) is 16.4. The van der Waals surface area contributed by atoms with Crippen LogP contribution in [-0.2, 0) is 4.79 Å². The Morgan fingerprint density at radius 2 is 1.95 bits per heavy atom. The summed E-state index contributed by atoms with van der Waals surface area (Å²) in [7, 11) is 0. The van der Waals surface area contributed by atoms with Gasteiger partial charge >= 0.3 is 6.18 Å². The summed E-state index contributed by atoms with van der Waals surface area (Å²) in [6, 6.07) is -0.102. The first kappa shape index (κ1) is 16.6. The van der Waals surface area contributed by atoms with E-state index in [0.717, 1.165) is 12.8 Å². The Hall–Kier alpha value is -0.720. The van der Waals surface area contributed by atoms with Crippen molar-refractivity contribution in [2.45, 2.75) is 69.3 Å². The van der Waals surface area contributed by atoms with E-state index in [1.54, 1.807) is 0 Å². The molecule has 7 heteroatoms. The number of rotatable bonds is 3. The van der Waals surface area contributed by atoms with E-state index in [4.69, 9.17) is 0 Å². The minimum atomic E-state index is -4.09. The standard InChI is InChI=1S/C14H21F3N2OS/c1-3-8-13(2)11(20)19-12(21-13)18-10-6-4-9(5-7-10)14(15,16)17/h9-10H,3-8H2,1-2H3,(H,18,19,20)/t9?,10?,13-/m1/s1. The zero-order chi connectivity index (χ0) is 15.7. The maximum atomic E-state index is 12.6. The first-order valence-electron chi connectivity index (χ1n) is 7.39. The monoisotopic (exact) mass is 322 g/mol. The van der Waals surface area contributed by atoms with Crippen LogP contribution in [0.15, 0.2) is 4.99 Å². The molecule has 0 radical (unpaired) electrons. The minimum Gasteiger partial charge on any atom is -0.304 e. The van der Waals surface area contributed by atoms with Crippen LogP contribution in [0.4, 0.5) is 13.2 Å². The zero-order valence-corrected chi connectivity index (χ0v) is 13.1. The molecule has 1 aliphatic heterocycles. The molecule has 0 aromatic carbocycles. The molecule has 120 valence electrons. The van der Waals surface area contributed by atoms with Crippen molar-refractivity contribution in [1.82, 2.24) is 5.32 Å². The molecule has 1 saturated heterocycles. The predicted molar refractivity (Wildman–Crippen MR) is 78.3 cm³/mol. The Morgan fingerprint density at radius 3 is 2.48 bits per heavy atom. The van der Waals surface area contributed by atoms with Gasteiger partial charge in [-0.2, -0.15) is 13.2 Å². The van der Waals surface area contributed by atoms with Crippen molar-refractivity contribution in [2.24, 2.45) is 10.9 Å². The normalized spacial score (nSPS) is 36.0. The summed E-state index contributed by atoms with van der Waals surface area (Å²) in [5.74, 6) is -1.23. The van der Waals surface area contributed by atoms with Crippen LogP contribution in [0.1, 0.15) is 52.4 Å². The summed E-state index contributed by atoms with van der Waals surface area (Å²) in [6.07, 6.45) is -1.27. The number of carbonyl (C=O) groups is 1. The summed E-state index contributed by atoms with van der Waals surface area (Å²) in [5.41, 5.74) is 0. The third kappa shape index (κ3) is 3.93. The van der Waals surface area contributed by atoms with Gasteiger partial charge in [-0.1, -0.05) is 25.1 Å². The molecular weight excluding hydrogens is 301 g/mol. The van der Waals surface area contributed by atoms with E-state index in [1.165, 1.54) is 11.8 Å². The second-order valence-electron chi connectivity index (χ2n) is 6.02. The van der Waals surface area contributed by atoms with Crippen molar-refractivity contribution in [2.75, 3.05) is 0 Å². The third-order valence-electron chi connectivity index (χ3n) is 4.21. The molecule has 1 saturated carbocycles. The number of thioether (sulfide) groups is 1. The SMILES string of the molecule is CCC[C@@]1(C)SC(=NC2CCC(C(F)(F)F)CC2)NC1=O. The third-order valence-corrected chi connectivity index (χ3v) is 5.45. The smallest absolute Gasteiger partial charge is 0.304 e. The van der Waals surface area contributed by atoms with E-state index in [9.17, 15) is 18.0 Å². The largest absolute Gasteiger partial charge is 0.391 e. The van der Waals surface area contributed by atoms with Crippen LogP contribution in [0.3, 0.4) is 0 Å². The second kappa shape index (κ2) is 6.18. The fourth-order valence-electron chi connectivity index (χ4n) is 2.91. The molecule has 0 bridgehead atoms. The number of carbonyl (C=O) groups excluding carboxylic acids is 1. The summed E-state index contributed by atoms with van der Waals surface area (Å²) in [6.45, 7) is 3.91. The molecule has 1 heterocycles. The first-order valence-corrected chi connectivity index (χ1v) is 8.21. The molecule has 1 atom stereocenters. The highest BCUT2D eigenvalue weighted by Crippen LogP contribution is 2.40. The van der Waals surface area contributed by atoms with Crippen LogP contribution in [0, 0.1) is 5.92 Å². The Labute approximate surface area is 127 Å². The molecule has 0 unspecified atom stereocenters. The Kier molecular flexibility index (Phi) is 4.90. The van der Waals surface area contributed by atoms with Crippen LogP contribution >= 0.6 is 11.8 Å². The van der Waals surface area contributed by atoms with E-state index in [2.05, 4.69) is 10.3 Å². The molecule has 1 amide bonds. The number of aliphatic imine (C=N–C) groups is 1. The van der Waals surface area contributed by atoms with Gasteiger partial charge in [-0.15, -0.1) is 0 Å². The van der Waals surface area contributed by atoms with Gasteiger partial charge in [0.05, 0.1) is 16.7 Å². The number of halogens is 3. The maximum Gasteiger partial charge on any atom is 0.391 e. The van der Waals surface area contributed by atoms with Crippen LogP contribution < -0.4 is 5.32 Å². The predicted octanol–water partition coefficient (Wildman–Crippen LogP) is 3.89. The minimum absolute atomic E-state index is 0.0444. The van der Waals surface area contributed by atoms with E-state index in [-0.39, 0.29) is 24.8 Å². The van der Waals surface area contributed by atoms with Crippen LogP contribution in [0.5, 0.6) is 0 Å². The fraction of sp³-hybridized carbons (Fsp3) is 0.857.